The van der Waals surface area contributed by atoms with E-state index < -0.39 is 16.9 Å². The highest BCUT2D eigenvalue weighted by Gasteiger charge is 2.26. The topological polar surface area (TPSA) is 117 Å². The fourth-order valence-electron chi connectivity index (χ4n) is 2.74. The highest BCUT2D eigenvalue weighted by molar-refractivity contribution is 6.32. The van der Waals surface area contributed by atoms with Crippen LogP contribution in [0.2, 0.25) is 5.02 Å². The van der Waals surface area contributed by atoms with Crippen LogP contribution in [0.4, 0.5) is 5.69 Å². The number of hydrogen-bond acceptors (Lipinski definition) is 8. The number of methoxy groups -OCH3 is 1. The molecule has 0 aliphatic carbocycles. The highest BCUT2D eigenvalue weighted by atomic mass is 35.5. The average Bonchev–Trinajstić information content (AvgIpc) is 3.09. The fourth-order valence-corrected chi connectivity index (χ4v) is 3.00. The molecular weight excluding hydrogens is 428 g/mol. The van der Waals surface area contributed by atoms with Crippen LogP contribution in [0.25, 0.3) is 6.08 Å². The van der Waals surface area contributed by atoms with Crippen molar-refractivity contribution in [3.63, 3.8) is 0 Å². The first-order chi connectivity index (χ1) is 14.7. The largest absolute Gasteiger partial charge is 0.493 e. The maximum Gasteiger partial charge on any atom is 0.363 e. The molecule has 1 aliphatic heterocycles. The fraction of sp³-hybridized carbons (Fsp3) is 0.190. The van der Waals surface area contributed by atoms with E-state index in [2.05, 4.69) is 4.99 Å². The van der Waals surface area contributed by atoms with Gasteiger partial charge in [0.15, 0.2) is 17.2 Å². The number of benzene rings is 2. The van der Waals surface area contributed by atoms with Gasteiger partial charge in [0, 0.05) is 23.6 Å². The number of esters is 2. The van der Waals surface area contributed by atoms with Crippen LogP contribution in [-0.4, -0.2) is 29.9 Å². The monoisotopic (exact) mass is 444 g/mol. The van der Waals surface area contributed by atoms with Gasteiger partial charge in [-0.1, -0.05) is 24.6 Å². The van der Waals surface area contributed by atoms with Crippen molar-refractivity contribution in [3.05, 3.63) is 67.9 Å². The molecule has 0 aromatic heterocycles. The first-order valence-electron chi connectivity index (χ1n) is 9.09. The number of nitro groups is 1. The van der Waals surface area contributed by atoms with Gasteiger partial charge in [0.25, 0.3) is 5.69 Å². The second kappa shape index (κ2) is 8.97. The Morgan fingerprint density at radius 2 is 2.06 bits per heavy atom. The molecule has 0 N–H and O–H groups in total. The lowest BCUT2D eigenvalue weighted by molar-refractivity contribution is -0.385. The van der Waals surface area contributed by atoms with Gasteiger partial charge in [0.2, 0.25) is 5.90 Å². The maximum absolute atomic E-state index is 12.3. The molecule has 0 radical (unpaired) electrons. The van der Waals surface area contributed by atoms with Crippen LogP contribution in [-0.2, 0) is 14.3 Å². The van der Waals surface area contributed by atoms with Gasteiger partial charge in [-0.25, -0.2) is 9.79 Å². The van der Waals surface area contributed by atoms with Crippen molar-refractivity contribution in [1.82, 2.24) is 0 Å². The number of carbonyl (C=O) groups excluding carboxylic acids is 2. The second-order valence-electron chi connectivity index (χ2n) is 6.46. The van der Waals surface area contributed by atoms with Gasteiger partial charge >= 0.3 is 11.9 Å². The molecule has 31 heavy (non-hydrogen) atoms. The van der Waals surface area contributed by atoms with Crippen LogP contribution >= 0.6 is 11.6 Å². The Labute approximate surface area is 182 Å². The van der Waals surface area contributed by atoms with E-state index in [0.29, 0.717) is 16.7 Å². The van der Waals surface area contributed by atoms with Crippen molar-refractivity contribution in [2.75, 3.05) is 7.11 Å². The number of nitrogens with zero attached hydrogens (tertiary/aromatic N) is 2. The quantitative estimate of drug-likeness (QED) is 0.215. The number of aliphatic imine (C=N–C) groups is 1. The molecule has 10 heteroatoms. The summed E-state index contributed by atoms with van der Waals surface area (Å²) in [7, 11) is 1.39. The third-order valence-electron chi connectivity index (χ3n) is 4.33. The van der Waals surface area contributed by atoms with Gasteiger partial charge in [-0.05, 0) is 36.8 Å². The smallest absolute Gasteiger partial charge is 0.363 e. The van der Waals surface area contributed by atoms with Crippen LogP contribution in [0.1, 0.15) is 30.0 Å². The van der Waals surface area contributed by atoms with E-state index >= 15 is 0 Å². The molecule has 0 unspecified atom stereocenters. The molecule has 0 amide bonds. The van der Waals surface area contributed by atoms with Crippen molar-refractivity contribution in [1.29, 1.82) is 0 Å². The molecule has 2 aromatic carbocycles. The second-order valence-corrected chi connectivity index (χ2v) is 6.86. The minimum atomic E-state index is -0.727. The number of carbonyl (C=O) groups is 2. The van der Waals surface area contributed by atoms with Crippen LogP contribution in [0.15, 0.2) is 41.0 Å². The molecule has 1 aliphatic rings. The molecule has 0 atom stereocenters. The van der Waals surface area contributed by atoms with Gasteiger partial charge in [0.1, 0.15) is 0 Å². The van der Waals surface area contributed by atoms with E-state index in [9.17, 15) is 19.7 Å². The summed E-state index contributed by atoms with van der Waals surface area (Å²) in [5.41, 5.74) is 1.08. The summed E-state index contributed by atoms with van der Waals surface area (Å²) in [6, 6.07) is 7.42. The molecule has 0 saturated carbocycles. The summed E-state index contributed by atoms with van der Waals surface area (Å²) >= 11 is 6.22. The zero-order chi connectivity index (χ0) is 22.7. The molecule has 1 heterocycles. The SMILES string of the molecule is CCC(=O)Oc1c(Cl)cc(/C=C2\N=C(c3ccc(C)c([N+](=O)[O-])c3)OC2=O)cc1OC. The molecular formula is C21H17ClN2O7. The van der Waals surface area contributed by atoms with Crippen LogP contribution < -0.4 is 9.47 Å². The molecule has 160 valence electrons. The third kappa shape index (κ3) is 4.72. The minimum absolute atomic E-state index is 0.0327. The Balaban J connectivity index is 1.97. The van der Waals surface area contributed by atoms with E-state index in [1.807, 2.05) is 0 Å². The number of rotatable bonds is 6. The van der Waals surface area contributed by atoms with Crippen molar-refractivity contribution < 1.29 is 28.7 Å². The molecule has 0 saturated heterocycles. The van der Waals surface area contributed by atoms with Gasteiger partial charge in [-0.2, -0.15) is 0 Å². The maximum atomic E-state index is 12.3. The Morgan fingerprint density at radius 1 is 1.32 bits per heavy atom. The lowest BCUT2D eigenvalue weighted by Gasteiger charge is -2.11. The molecule has 9 nitrogen and oxygen atoms in total. The Bertz CT molecular complexity index is 1150. The van der Waals surface area contributed by atoms with Crippen molar-refractivity contribution in [2.24, 2.45) is 4.99 Å². The predicted molar refractivity (Wildman–Crippen MR) is 112 cm³/mol. The van der Waals surface area contributed by atoms with Crippen molar-refractivity contribution in [3.8, 4) is 11.5 Å². The lowest BCUT2D eigenvalue weighted by atomic mass is 10.1. The standard InChI is InChI=1S/C21H17ClN2O7/c1-4-18(25)30-19-14(22)7-12(9-17(19)29-3)8-15-21(26)31-20(23-15)13-6-5-11(2)16(10-13)24(27)28/h5-10H,4H2,1-3H3/b15-8-. The molecule has 3 rings (SSSR count). The van der Waals surface area contributed by atoms with E-state index in [4.69, 9.17) is 25.8 Å². The van der Waals surface area contributed by atoms with E-state index in [-0.39, 0.29) is 40.2 Å². The highest BCUT2D eigenvalue weighted by Crippen LogP contribution is 2.37. The summed E-state index contributed by atoms with van der Waals surface area (Å²) in [5.74, 6) is -0.984. The Morgan fingerprint density at radius 3 is 2.71 bits per heavy atom. The van der Waals surface area contributed by atoms with Crippen LogP contribution in [0.5, 0.6) is 11.5 Å². The number of aryl methyl sites for hydroxylation is 1. The van der Waals surface area contributed by atoms with Crippen LogP contribution in [0.3, 0.4) is 0 Å². The number of ether oxygens (including phenoxy) is 3. The van der Waals surface area contributed by atoms with Gasteiger partial charge in [-0.3, -0.25) is 14.9 Å². The Kier molecular flexibility index (Phi) is 6.36. The lowest BCUT2D eigenvalue weighted by Crippen LogP contribution is -2.07. The summed E-state index contributed by atoms with van der Waals surface area (Å²) in [5, 5.41) is 11.3. The number of halogens is 1. The minimum Gasteiger partial charge on any atom is -0.493 e. The number of cyclic esters (lactones) is 1. The first-order valence-corrected chi connectivity index (χ1v) is 9.47. The number of hydrogen-bond donors (Lipinski definition) is 0. The average molecular weight is 445 g/mol. The van der Waals surface area contributed by atoms with E-state index in [0.717, 1.165) is 0 Å². The van der Waals surface area contributed by atoms with Gasteiger partial charge in [0.05, 0.1) is 17.1 Å². The summed E-state index contributed by atoms with van der Waals surface area (Å²) in [6.45, 7) is 3.25. The summed E-state index contributed by atoms with van der Waals surface area (Å²) < 4.78 is 15.6. The number of nitro benzene ring substituents is 1. The predicted octanol–water partition coefficient (Wildman–Crippen LogP) is 4.23. The molecule has 2 aromatic rings. The van der Waals surface area contributed by atoms with Gasteiger partial charge in [-0.15, -0.1) is 0 Å². The molecule has 0 fully saturated rings. The Hall–Kier alpha value is -3.72. The first kappa shape index (κ1) is 22.0. The molecule has 0 bridgehead atoms. The van der Waals surface area contributed by atoms with Crippen molar-refractivity contribution >= 4 is 41.2 Å². The van der Waals surface area contributed by atoms with Crippen molar-refractivity contribution in [2.45, 2.75) is 20.3 Å². The summed E-state index contributed by atoms with van der Waals surface area (Å²) in [6.07, 6.45) is 1.57. The third-order valence-corrected chi connectivity index (χ3v) is 4.61. The van der Waals surface area contributed by atoms with E-state index in [1.165, 1.54) is 31.4 Å². The zero-order valence-electron chi connectivity index (χ0n) is 16.8. The zero-order valence-corrected chi connectivity index (χ0v) is 17.6. The van der Waals surface area contributed by atoms with E-state index in [1.54, 1.807) is 26.0 Å². The normalized spacial score (nSPS) is 14.3. The molecule has 0 spiro atoms. The van der Waals surface area contributed by atoms with Crippen LogP contribution in [0, 0.1) is 17.0 Å². The summed E-state index contributed by atoms with van der Waals surface area (Å²) in [4.78, 5) is 38.6. The van der Waals surface area contributed by atoms with Gasteiger partial charge < -0.3 is 14.2 Å².